The van der Waals surface area contributed by atoms with Crippen LogP contribution in [0.25, 0.3) is 0 Å². The number of benzene rings is 1. The highest BCUT2D eigenvalue weighted by Crippen LogP contribution is 2.16. The largest absolute Gasteiger partial charge is 0.411 e. The van der Waals surface area contributed by atoms with Crippen LogP contribution >= 0.6 is 24.0 Å². The summed E-state index contributed by atoms with van der Waals surface area (Å²) < 4.78 is 46.6. The first-order valence-corrected chi connectivity index (χ1v) is 10.4. The Kier molecular flexibility index (Phi) is 12.7. The summed E-state index contributed by atoms with van der Waals surface area (Å²) in [5.41, 5.74) is 1.67. The van der Waals surface area contributed by atoms with Crippen molar-refractivity contribution in [3.63, 3.8) is 0 Å². The Morgan fingerprint density at radius 2 is 1.94 bits per heavy atom. The number of guanidine groups is 1. The van der Waals surface area contributed by atoms with Gasteiger partial charge in [0.1, 0.15) is 6.61 Å². The number of morpholine rings is 1. The molecule has 0 aliphatic carbocycles. The summed E-state index contributed by atoms with van der Waals surface area (Å²) >= 11 is 0. The van der Waals surface area contributed by atoms with Gasteiger partial charge in [-0.15, -0.1) is 24.0 Å². The SMILES string of the molecule is CCNC(=NCc1ccc(COCC(F)(F)F)cc1)NCC(C)N1CCOCC1C.I. The number of alkyl halides is 3. The minimum atomic E-state index is -4.30. The fraction of sp³-hybridized carbons (Fsp3) is 0.667. The molecule has 1 aliphatic heterocycles. The van der Waals surface area contributed by atoms with E-state index in [0.29, 0.717) is 24.2 Å². The molecular formula is C21H34F3IN4O2. The summed E-state index contributed by atoms with van der Waals surface area (Å²) in [6.07, 6.45) is -4.30. The van der Waals surface area contributed by atoms with Crippen molar-refractivity contribution in [3.8, 4) is 0 Å². The zero-order valence-corrected chi connectivity index (χ0v) is 20.7. The molecule has 0 bridgehead atoms. The Bertz CT molecular complexity index is 659. The minimum Gasteiger partial charge on any atom is -0.379 e. The standard InChI is InChI=1S/C21H33F3N4O2.HI/c1-4-25-20(26-11-16(2)28-9-10-29-13-17(28)3)27-12-18-5-7-19(8-6-18)14-30-15-21(22,23)24;/h5-8,16-17H,4,9-15H2,1-3H3,(H2,25,26,27);1H. The molecule has 1 aromatic carbocycles. The van der Waals surface area contributed by atoms with Crippen molar-refractivity contribution in [3.05, 3.63) is 35.4 Å². The number of ether oxygens (including phenoxy) is 2. The smallest absolute Gasteiger partial charge is 0.379 e. The van der Waals surface area contributed by atoms with E-state index in [2.05, 4.69) is 39.1 Å². The van der Waals surface area contributed by atoms with Crippen LogP contribution in [-0.2, 0) is 22.6 Å². The highest BCUT2D eigenvalue weighted by atomic mass is 127. The maximum atomic E-state index is 12.1. The Morgan fingerprint density at radius 1 is 1.26 bits per heavy atom. The normalized spacial score (nSPS) is 18.9. The van der Waals surface area contributed by atoms with E-state index >= 15 is 0 Å². The van der Waals surface area contributed by atoms with Gasteiger partial charge in [-0.1, -0.05) is 24.3 Å². The molecule has 0 spiro atoms. The van der Waals surface area contributed by atoms with Gasteiger partial charge >= 0.3 is 6.18 Å². The highest BCUT2D eigenvalue weighted by molar-refractivity contribution is 14.0. The summed E-state index contributed by atoms with van der Waals surface area (Å²) in [6, 6.07) is 8.00. The molecule has 2 unspecified atom stereocenters. The first kappa shape index (κ1) is 27.9. The van der Waals surface area contributed by atoms with Gasteiger partial charge in [0.25, 0.3) is 0 Å². The van der Waals surface area contributed by atoms with Crippen LogP contribution in [0.1, 0.15) is 31.9 Å². The average molecular weight is 558 g/mol. The predicted octanol–water partition coefficient (Wildman–Crippen LogP) is 3.55. The molecule has 0 aromatic heterocycles. The molecule has 2 rings (SSSR count). The van der Waals surface area contributed by atoms with Crippen molar-refractivity contribution in [2.45, 2.75) is 52.2 Å². The quantitative estimate of drug-likeness (QED) is 0.276. The maximum absolute atomic E-state index is 12.1. The third kappa shape index (κ3) is 10.8. The zero-order valence-electron chi connectivity index (χ0n) is 18.4. The molecule has 2 N–H and O–H groups in total. The van der Waals surface area contributed by atoms with Gasteiger partial charge in [-0.25, -0.2) is 4.99 Å². The molecule has 6 nitrogen and oxygen atoms in total. The van der Waals surface area contributed by atoms with Crippen LogP contribution in [0.5, 0.6) is 0 Å². The lowest BCUT2D eigenvalue weighted by Crippen LogP contribution is -2.53. The Balaban J connectivity index is 0.00000480. The molecule has 1 heterocycles. The minimum absolute atomic E-state index is 0. The van der Waals surface area contributed by atoms with Crippen molar-refractivity contribution in [2.75, 3.05) is 39.5 Å². The van der Waals surface area contributed by atoms with E-state index in [0.717, 1.165) is 44.4 Å². The lowest BCUT2D eigenvalue weighted by molar-refractivity contribution is -0.176. The van der Waals surface area contributed by atoms with Gasteiger partial charge in [-0.3, -0.25) is 4.90 Å². The Labute approximate surface area is 200 Å². The van der Waals surface area contributed by atoms with Gasteiger partial charge in [0, 0.05) is 31.7 Å². The Morgan fingerprint density at radius 3 is 2.55 bits per heavy atom. The van der Waals surface area contributed by atoms with Crippen molar-refractivity contribution in [2.24, 2.45) is 4.99 Å². The topological polar surface area (TPSA) is 58.1 Å². The van der Waals surface area contributed by atoms with E-state index < -0.39 is 12.8 Å². The van der Waals surface area contributed by atoms with Gasteiger partial charge in [0.05, 0.1) is 26.4 Å². The van der Waals surface area contributed by atoms with E-state index in [-0.39, 0.29) is 30.6 Å². The Hall–Kier alpha value is -1.11. The lowest BCUT2D eigenvalue weighted by Gasteiger charge is -2.38. The molecule has 10 heteroatoms. The second-order valence-corrected chi connectivity index (χ2v) is 7.51. The van der Waals surface area contributed by atoms with Crippen LogP contribution in [0, 0.1) is 0 Å². The van der Waals surface area contributed by atoms with Crippen LogP contribution in [0.3, 0.4) is 0 Å². The number of halogens is 4. The zero-order chi connectivity index (χ0) is 22.0. The van der Waals surface area contributed by atoms with E-state index in [1.165, 1.54) is 0 Å². The third-order valence-corrected chi connectivity index (χ3v) is 4.87. The maximum Gasteiger partial charge on any atom is 0.411 e. The predicted molar refractivity (Wildman–Crippen MR) is 127 cm³/mol. The number of aliphatic imine (C=N–C) groups is 1. The second-order valence-electron chi connectivity index (χ2n) is 7.51. The fourth-order valence-electron chi connectivity index (χ4n) is 3.29. The fourth-order valence-corrected chi connectivity index (χ4v) is 3.29. The molecule has 31 heavy (non-hydrogen) atoms. The highest BCUT2D eigenvalue weighted by Gasteiger charge is 2.27. The van der Waals surface area contributed by atoms with Crippen molar-refractivity contribution < 1.29 is 22.6 Å². The number of nitrogens with zero attached hydrogens (tertiary/aromatic N) is 2. The van der Waals surface area contributed by atoms with E-state index in [1.807, 2.05) is 19.1 Å². The van der Waals surface area contributed by atoms with Gasteiger partial charge in [-0.05, 0) is 31.9 Å². The van der Waals surface area contributed by atoms with Crippen molar-refractivity contribution >= 4 is 29.9 Å². The van der Waals surface area contributed by atoms with Gasteiger partial charge in [-0.2, -0.15) is 13.2 Å². The molecule has 0 saturated carbocycles. The van der Waals surface area contributed by atoms with E-state index in [9.17, 15) is 13.2 Å². The van der Waals surface area contributed by atoms with Crippen LogP contribution in [0.15, 0.2) is 29.3 Å². The summed E-state index contributed by atoms with van der Waals surface area (Å²) in [5.74, 6) is 0.739. The summed E-state index contributed by atoms with van der Waals surface area (Å²) in [5, 5.41) is 6.64. The van der Waals surface area contributed by atoms with Crippen LogP contribution < -0.4 is 10.6 Å². The molecule has 178 valence electrons. The van der Waals surface area contributed by atoms with Gasteiger partial charge < -0.3 is 20.1 Å². The van der Waals surface area contributed by atoms with E-state index in [4.69, 9.17) is 4.74 Å². The third-order valence-electron chi connectivity index (χ3n) is 4.87. The number of hydrogen-bond donors (Lipinski definition) is 2. The first-order chi connectivity index (χ1) is 14.3. The van der Waals surface area contributed by atoms with E-state index in [1.54, 1.807) is 12.1 Å². The molecule has 1 saturated heterocycles. The number of nitrogens with one attached hydrogen (secondary N) is 2. The summed E-state index contributed by atoms with van der Waals surface area (Å²) in [7, 11) is 0. The average Bonchev–Trinajstić information content (AvgIpc) is 2.70. The van der Waals surface area contributed by atoms with Gasteiger partial charge in [0.2, 0.25) is 0 Å². The second kappa shape index (κ2) is 14.1. The molecule has 0 radical (unpaired) electrons. The van der Waals surface area contributed by atoms with Gasteiger partial charge in [0.15, 0.2) is 5.96 Å². The first-order valence-electron chi connectivity index (χ1n) is 10.4. The number of hydrogen-bond acceptors (Lipinski definition) is 4. The van der Waals surface area contributed by atoms with Crippen LogP contribution in [0.4, 0.5) is 13.2 Å². The molecule has 2 atom stereocenters. The van der Waals surface area contributed by atoms with Crippen molar-refractivity contribution in [1.82, 2.24) is 15.5 Å². The molecule has 1 aliphatic rings. The van der Waals surface area contributed by atoms with Crippen molar-refractivity contribution in [1.29, 1.82) is 0 Å². The molecule has 0 amide bonds. The molecular weight excluding hydrogens is 524 g/mol. The molecule has 1 fully saturated rings. The van der Waals surface area contributed by atoms with Crippen LogP contribution in [0.2, 0.25) is 0 Å². The number of rotatable bonds is 9. The molecule has 1 aromatic rings. The monoisotopic (exact) mass is 558 g/mol. The van der Waals surface area contributed by atoms with Crippen LogP contribution in [-0.4, -0.2) is 68.6 Å². The summed E-state index contributed by atoms with van der Waals surface area (Å²) in [6.45, 7) is 9.53. The lowest BCUT2D eigenvalue weighted by atomic mass is 10.1. The summed E-state index contributed by atoms with van der Waals surface area (Å²) in [4.78, 5) is 7.05.